The summed E-state index contributed by atoms with van der Waals surface area (Å²) in [6, 6.07) is 23.1. The van der Waals surface area contributed by atoms with Gasteiger partial charge in [-0.3, -0.25) is 19.3 Å². The molecule has 8 nitrogen and oxygen atoms in total. The molecule has 0 radical (unpaired) electrons. The van der Waals surface area contributed by atoms with Gasteiger partial charge in [0.2, 0.25) is 0 Å². The van der Waals surface area contributed by atoms with Gasteiger partial charge in [-0.2, -0.15) is 0 Å². The third-order valence-corrected chi connectivity index (χ3v) is 6.10. The first kappa shape index (κ1) is 22.2. The van der Waals surface area contributed by atoms with Gasteiger partial charge in [-0.25, -0.2) is 4.68 Å². The number of aryl methyl sites for hydroxylation is 1. The van der Waals surface area contributed by atoms with Crippen molar-refractivity contribution >= 4 is 17.7 Å². The summed E-state index contributed by atoms with van der Waals surface area (Å²) in [5, 5.41) is 10.8. The lowest BCUT2D eigenvalue weighted by Crippen LogP contribution is -2.47. The van der Waals surface area contributed by atoms with Crippen LogP contribution >= 0.6 is 0 Å². The van der Waals surface area contributed by atoms with E-state index in [1.165, 1.54) is 4.90 Å². The predicted octanol–water partition coefficient (Wildman–Crippen LogP) is 3.12. The third-order valence-electron chi connectivity index (χ3n) is 6.10. The first-order chi connectivity index (χ1) is 17.0. The molecule has 174 valence electrons. The zero-order valence-electron chi connectivity index (χ0n) is 19.1. The number of fused-ring (bicyclic) bond motifs is 1. The van der Waals surface area contributed by atoms with E-state index in [-0.39, 0.29) is 24.3 Å². The van der Waals surface area contributed by atoms with Gasteiger partial charge < -0.3 is 5.32 Å². The van der Waals surface area contributed by atoms with E-state index in [1.807, 2.05) is 42.5 Å². The van der Waals surface area contributed by atoms with E-state index in [4.69, 9.17) is 0 Å². The average molecular weight is 466 g/mol. The molecule has 4 aromatic rings. The Morgan fingerprint density at radius 1 is 0.886 bits per heavy atom. The van der Waals surface area contributed by atoms with Gasteiger partial charge in [0.25, 0.3) is 17.7 Å². The molecule has 3 aromatic carbocycles. The minimum absolute atomic E-state index is 0.0752. The summed E-state index contributed by atoms with van der Waals surface area (Å²) in [7, 11) is 1.80. The van der Waals surface area contributed by atoms with Crippen LogP contribution < -0.4 is 5.32 Å². The van der Waals surface area contributed by atoms with Gasteiger partial charge in [-0.1, -0.05) is 59.8 Å². The van der Waals surface area contributed by atoms with E-state index in [0.717, 1.165) is 16.8 Å². The Balaban J connectivity index is 1.36. The molecule has 1 N–H and O–H groups in total. The Bertz CT molecular complexity index is 1360. The number of nitrogens with one attached hydrogen (secondary N) is 1. The van der Waals surface area contributed by atoms with Crippen LogP contribution in [0.1, 0.15) is 36.6 Å². The molecule has 1 aliphatic heterocycles. The molecule has 0 saturated heterocycles. The van der Waals surface area contributed by atoms with Crippen molar-refractivity contribution in [2.24, 2.45) is 7.05 Å². The number of rotatable bonds is 7. The van der Waals surface area contributed by atoms with Crippen molar-refractivity contribution in [1.82, 2.24) is 25.2 Å². The Morgan fingerprint density at radius 3 is 2.11 bits per heavy atom. The topological polar surface area (TPSA) is 97.2 Å². The maximum absolute atomic E-state index is 13.1. The fourth-order valence-electron chi connectivity index (χ4n) is 4.30. The lowest BCUT2D eigenvalue weighted by atomic mass is 10.0. The zero-order chi connectivity index (χ0) is 24.4. The van der Waals surface area contributed by atoms with E-state index in [9.17, 15) is 14.4 Å². The first-order valence-electron chi connectivity index (χ1n) is 11.3. The summed E-state index contributed by atoms with van der Waals surface area (Å²) < 4.78 is 1.66. The molecule has 35 heavy (non-hydrogen) atoms. The van der Waals surface area contributed by atoms with Gasteiger partial charge in [0, 0.05) is 24.7 Å². The molecule has 0 aliphatic carbocycles. The maximum atomic E-state index is 13.1. The average Bonchev–Trinajstić information content (AvgIpc) is 3.41. The summed E-state index contributed by atoms with van der Waals surface area (Å²) >= 11 is 0. The van der Waals surface area contributed by atoms with E-state index in [0.29, 0.717) is 23.1 Å². The number of nitrogens with zero attached hydrogens (tertiary/aromatic N) is 4. The number of imide groups is 1. The van der Waals surface area contributed by atoms with E-state index < -0.39 is 6.04 Å². The van der Waals surface area contributed by atoms with Crippen LogP contribution in [-0.2, 0) is 13.5 Å². The van der Waals surface area contributed by atoms with Crippen molar-refractivity contribution in [3.05, 3.63) is 107 Å². The lowest BCUT2D eigenvalue weighted by Gasteiger charge is -2.24. The van der Waals surface area contributed by atoms with Gasteiger partial charge in [0.05, 0.1) is 29.1 Å². The molecule has 0 saturated carbocycles. The molecular formula is C27H23N5O3. The summed E-state index contributed by atoms with van der Waals surface area (Å²) in [6.45, 7) is 0.0752. The smallest absolute Gasteiger partial charge is 0.261 e. The van der Waals surface area contributed by atoms with Gasteiger partial charge in [0.1, 0.15) is 0 Å². The molecule has 0 fully saturated rings. The Labute approximate surface area is 202 Å². The monoisotopic (exact) mass is 465 g/mol. The van der Waals surface area contributed by atoms with E-state index in [1.54, 1.807) is 54.3 Å². The first-order valence-corrected chi connectivity index (χ1v) is 11.3. The highest BCUT2D eigenvalue weighted by atomic mass is 16.2. The molecule has 0 unspecified atom stereocenters. The molecule has 1 aromatic heterocycles. The van der Waals surface area contributed by atoms with E-state index >= 15 is 0 Å². The molecule has 1 atom stereocenters. The molecule has 2 heterocycles. The number of hydrogen-bond donors (Lipinski definition) is 1. The largest absolute Gasteiger partial charge is 0.347 e. The summed E-state index contributed by atoms with van der Waals surface area (Å²) in [5.74, 6) is -0.962. The SMILES string of the molecule is Cn1nncc1-c1ccc(C(=O)N[C@@H](Cc2ccccc2)CN2C(=O)c3ccccc3C2=O)cc1. The highest BCUT2D eigenvalue weighted by molar-refractivity contribution is 6.21. The Morgan fingerprint density at radius 2 is 1.51 bits per heavy atom. The van der Waals surface area contributed by atoms with Crippen LogP contribution in [0.25, 0.3) is 11.3 Å². The summed E-state index contributed by atoms with van der Waals surface area (Å²) in [5.41, 5.74) is 3.98. The number of aromatic nitrogens is 3. The number of carbonyl (C=O) groups excluding carboxylic acids is 3. The van der Waals surface area contributed by atoms with Crippen LogP contribution in [0.5, 0.6) is 0 Å². The van der Waals surface area contributed by atoms with Crippen LogP contribution in [0, 0.1) is 0 Å². The van der Waals surface area contributed by atoms with Crippen LogP contribution in [-0.4, -0.2) is 50.2 Å². The van der Waals surface area contributed by atoms with Crippen molar-refractivity contribution < 1.29 is 14.4 Å². The fraction of sp³-hybridized carbons (Fsp3) is 0.148. The maximum Gasteiger partial charge on any atom is 0.261 e. The van der Waals surface area contributed by atoms with Crippen LogP contribution in [0.15, 0.2) is 85.1 Å². The van der Waals surface area contributed by atoms with Crippen molar-refractivity contribution in [2.45, 2.75) is 12.5 Å². The Kier molecular flexibility index (Phi) is 5.93. The van der Waals surface area contributed by atoms with Crippen molar-refractivity contribution in [2.75, 3.05) is 6.54 Å². The molecule has 1 aliphatic rings. The van der Waals surface area contributed by atoms with Crippen LogP contribution in [0.4, 0.5) is 0 Å². The van der Waals surface area contributed by atoms with Crippen molar-refractivity contribution in [1.29, 1.82) is 0 Å². The highest BCUT2D eigenvalue weighted by Gasteiger charge is 2.36. The quantitative estimate of drug-likeness (QED) is 0.423. The summed E-state index contributed by atoms with van der Waals surface area (Å²) in [4.78, 5) is 40.2. The van der Waals surface area contributed by atoms with Crippen LogP contribution in [0.3, 0.4) is 0 Å². The molecule has 3 amide bonds. The molecule has 0 spiro atoms. The molecule has 8 heteroatoms. The number of benzene rings is 3. The summed E-state index contributed by atoms with van der Waals surface area (Å²) in [6.07, 6.45) is 2.13. The fourth-order valence-corrected chi connectivity index (χ4v) is 4.30. The van der Waals surface area contributed by atoms with Crippen molar-refractivity contribution in [3.8, 4) is 11.3 Å². The highest BCUT2D eigenvalue weighted by Crippen LogP contribution is 2.23. The minimum Gasteiger partial charge on any atom is -0.347 e. The number of hydrogen-bond acceptors (Lipinski definition) is 5. The molecular weight excluding hydrogens is 442 g/mol. The lowest BCUT2D eigenvalue weighted by molar-refractivity contribution is 0.0628. The zero-order valence-corrected chi connectivity index (χ0v) is 19.1. The predicted molar refractivity (Wildman–Crippen MR) is 130 cm³/mol. The normalized spacial score (nSPS) is 13.6. The van der Waals surface area contributed by atoms with Crippen molar-refractivity contribution in [3.63, 3.8) is 0 Å². The number of carbonyl (C=O) groups is 3. The Hall–Kier alpha value is -4.59. The molecule has 5 rings (SSSR count). The van der Waals surface area contributed by atoms with Gasteiger partial charge in [-0.15, -0.1) is 5.10 Å². The standard InChI is InChI=1S/C27H23N5O3/c1-31-24(16-28-30-31)19-11-13-20(14-12-19)25(33)29-21(15-18-7-3-2-4-8-18)17-32-26(34)22-9-5-6-10-23(22)27(32)35/h2-14,16,21H,15,17H2,1H3,(H,29,33)/t21-/m0/s1. The second-order valence-electron chi connectivity index (χ2n) is 8.45. The molecule has 0 bridgehead atoms. The second kappa shape index (κ2) is 9.34. The van der Waals surface area contributed by atoms with E-state index in [2.05, 4.69) is 15.6 Å². The third kappa shape index (κ3) is 4.46. The second-order valence-corrected chi connectivity index (χ2v) is 8.45. The minimum atomic E-state index is -0.465. The van der Waals surface area contributed by atoms with Gasteiger partial charge >= 0.3 is 0 Å². The number of amides is 3. The van der Waals surface area contributed by atoms with Crippen LogP contribution in [0.2, 0.25) is 0 Å². The van der Waals surface area contributed by atoms with Gasteiger partial charge in [-0.05, 0) is 36.2 Å². The van der Waals surface area contributed by atoms with Gasteiger partial charge in [0.15, 0.2) is 0 Å².